The third-order valence-electron chi connectivity index (χ3n) is 3.88. The fraction of sp³-hybridized carbons (Fsp3) is 0.625. The molecule has 100 valence electrons. The van der Waals surface area contributed by atoms with E-state index in [4.69, 9.17) is 4.74 Å². The largest absolute Gasteiger partial charge is 0.381 e. The van der Waals surface area contributed by atoms with Crippen LogP contribution in [-0.4, -0.2) is 19.8 Å². The molecular formula is C16H25NO. The molecule has 1 heterocycles. The maximum Gasteiger partial charge on any atom is 0.0469 e. The lowest BCUT2D eigenvalue weighted by Crippen LogP contribution is -2.30. The molecule has 0 aromatic heterocycles. The molecule has 0 saturated carbocycles. The van der Waals surface area contributed by atoms with Crippen LogP contribution < -0.4 is 5.32 Å². The Morgan fingerprint density at radius 2 is 1.89 bits per heavy atom. The minimum atomic E-state index is 0.494. The first-order valence-corrected chi connectivity index (χ1v) is 7.17. The number of ether oxygens (including phenoxy) is 1. The predicted molar refractivity (Wildman–Crippen MR) is 75.8 cm³/mol. The van der Waals surface area contributed by atoms with E-state index >= 15 is 0 Å². The van der Waals surface area contributed by atoms with E-state index < -0.39 is 0 Å². The third kappa shape index (κ3) is 3.82. The van der Waals surface area contributed by atoms with E-state index in [2.05, 4.69) is 43.4 Å². The fourth-order valence-electron chi connectivity index (χ4n) is 2.56. The van der Waals surface area contributed by atoms with Gasteiger partial charge in [0.05, 0.1) is 0 Å². The molecule has 1 fully saturated rings. The summed E-state index contributed by atoms with van der Waals surface area (Å²) in [5.41, 5.74) is 2.74. The highest BCUT2D eigenvalue weighted by Gasteiger charge is 2.16. The Morgan fingerprint density at radius 3 is 2.50 bits per heavy atom. The maximum absolute atomic E-state index is 5.40. The van der Waals surface area contributed by atoms with Crippen molar-refractivity contribution in [1.82, 2.24) is 5.32 Å². The van der Waals surface area contributed by atoms with Crippen molar-refractivity contribution in [3.05, 3.63) is 35.4 Å². The molecule has 1 aliphatic rings. The zero-order valence-electron chi connectivity index (χ0n) is 11.6. The summed E-state index contributed by atoms with van der Waals surface area (Å²) in [6, 6.07) is 9.40. The molecule has 1 N–H and O–H groups in total. The first-order valence-electron chi connectivity index (χ1n) is 7.17. The van der Waals surface area contributed by atoms with Gasteiger partial charge in [-0.15, -0.1) is 0 Å². The van der Waals surface area contributed by atoms with Gasteiger partial charge in [0.15, 0.2) is 0 Å². The minimum Gasteiger partial charge on any atom is -0.381 e. The van der Waals surface area contributed by atoms with Crippen LogP contribution in [0.3, 0.4) is 0 Å². The summed E-state index contributed by atoms with van der Waals surface area (Å²) in [6.45, 7) is 7.39. The number of benzene rings is 1. The zero-order chi connectivity index (χ0) is 12.8. The highest BCUT2D eigenvalue weighted by molar-refractivity contribution is 5.24. The average Bonchev–Trinajstić information content (AvgIpc) is 2.42. The molecule has 0 radical (unpaired) electrons. The van der Waals surface area contributed by atoms with E-state index in [0.29, 0.717) is 6.04 Å². The molecule has 1 atom stereocenters. The van der Waals surface area contributed by atoms with Crippen LogP contribution in [0.5, 0.6) is 0 Å². The minimum absolute atomic E-state index is 0.494. The van der Waals surface area contributed by atoms with Crippen LogP contribution in [0.2, 0.25) is 0 Å². The molecule has 2 rings (SSSR count). The van der Waals surface area contributed by atoms with Crippen LogP contribution in [0.15, 0.2) is 24.3 Å². The van der Waals surface area contributed by atoms with Crippen LogP contribution in [0.4, 0.5) is 0 Å². The van der Waals surface area contributed by atoms with Gasteiger partial charge in [-0.2, -0.15) is 0 Å². The Morgan fingerprint density at radius 1 is 1.22 bits per heavy atom. The molecular weight excluding hydrogens is 222 g/mol. The normalized spacial score (nSPS) is 18.8. The van der Waals surface area contributed by atoms with Gasteiger partial charge < -0.3 is 10.1 Å². The molecule has 1 aliphatic heterocycles. The van der Waals surface area contributed by atoms with Crippen LogP contribution in [-0.2, 0) is 4.74 Å². The lowest BCUT2D eigenvalue weighted by atomic mass is 9.98. The third-order valence-corrected chi connectivity index (χ3v) is 3.88. The van der Waals surface area contributed by atoms with Gasteiger partial charge in [-0.05, 0) is 44.2 Å². The molecule has 0 aliphatic carbocycles. The van der Waals surface area contributed by atoms with Crippen LogP contribution in [0, 0.1) is 12.8 Å². The monoisotopic (exact) mass is 247 g/mol. The van der Waals surface area contributed by atoms with Gasteiger partial charge in [-0.1, -0.05) is 36.8 Å². The summed E-state index contributed by atoms with van der Waals surface area (Å²) < 4.78 is 5.40. The van der Waals surface area contributed by atoms with Crippen molar-refractivity contribution in [2.75, 3.05) is 19.8 Å². The first-order chi connectivity index (χ1) is 8.79. The molecule has 0 amide bonds. The van der Waals surface area contributed by atoms with Gasteiger partial charge in [-0.3, -0.25) is 0 Å². The van der Waals surface area contributed by atoms with E-state index in [0.717, 1.165) is 32.1 Å². The molecule has 1 unspecified atom stereocenters. The standard InChI is InChI=1S/C16H25NO/c1-3-16(15-6-4-13(2)5-7-15)17-12-14-8-10-18-11-9-14/h4-7,14,16-17H,3,8-12H2,1-2H3. The summed E-state index contributed by atoms with van der Waals surface area (Å²) >= 11 is 0. The molecule has 0 spiro atoms. The van der Waals surface area contributed by atoms with Crippen molar-refractivity contribution >= 4 is 0 Å². The molecule has 2 heteroatoms. The Labute approximate surface area is 111 Å². The van der Waals surface area contributed by atoms with E-state index in [1.54, 1.807) is 0 Å². The highest BCUT2D eigenvalue weighted by Crippen LogP contribution is 2.19. The molecule has 1 aromatic rings. The van der Waals surface area contributed by atoms with E-state index in [-0.39, 0.29) is 0 Å². The quantitative estimate of drug-likeness (QED) is 0.860. The van der Waals surface area contributed by atoms with Crippen molar-refractivity contribution in [2.45, 2.75) is 39.2 Å². The van der Waals surface area contributed by atoms with Crippen molar-refractivity contribution in [2.24, 2.45) is 5.92 Å². The molecule has 1 aromatic carbocycles. The summed E-state index contributed by atoms with van der Waals surface area (Å²) in [7, 11) is 0. The number of hydrogen-bond donors (Lipinski definition) is 1. The van der Waals surface area contributed by atoms with E-state index in [1.807, 2.05) is 0 Å². The van der Waals surface area contributed by atoms with Gasteiger partial charge in [0.1, 0.15) is 0 Å². The number of hydrogen-bond acceptors (Lipinski definition) is 2. The summed E-state index contributed by atoms with van der Waals surface area (Å²) in [4.78, 5) is 0. The van der Waals surface area contributed by atoms with Crippen molar-refractivity contribution < 1.29 is 4.74 Å². The Kier molecular flexibility index (Phi) is 5.21. The SMILES string of the molecule is CCC(NCC1CCOCC1)c1ccc(C)cc1. The first kappa shape index (κ1) is 13.6. The Balaban J connectivity index is 1.86. The summed E-state index contributed by atoms with van der Waals surface area (Å²) in [6.07, 6.45) is 3.56. The van der Waals surface area contributed by atoms with Crippen molar-refractivity contribution in [3.63, 3.8) is 0 Å². The van der Waals surface area contributed by atoms with Crippen LogP contribution >= 0.6 is 0 Å². The van der Waals surface area contributed by atoms with E-state index in [9.17, 15) is 0 Å². The number of nitrogens with one attached hydrogen (secondary N) is 1. The highest BCUT2D eigenvalue weighted by atomic mass is 16.5. The molecule has 18 heavy (non-hydrogen) atoms. The zero-order valence-corrected chi connectivity index (χ0v) is 11.6. The average molecular weight is 247 g/mol. The smallest absolute Gasteiger partial charge is 0.0469 e. The number of rotatable bonds is 5. The van der Waals surface area contributed by atoms with Crippen LogP contribution in [0.1, 0.15) is 43.4 Å². The van der Waals surface area contributed by atoms with Crippen LogP contribution in [0.25, 0.3) is 0 Å². The van der Waals surface area contributed by atoms with Crippen molar-refractivity contribution in [3.8, 4) is 0 Å². The fourth-order valence-corrected chi connectivity index (χ4v) is 2.56. The predicted octanol–water partition coefficient (Wildman–Crippen LogP) is 3.46. The second-order valence-corrected chi connectivity index (χ2v) is 5.34. The van der Waals surface area contributed by atoms with Gasteiger partial charge in [0.2, 0.25) is 0 Å². The summed E-state index contributed by atoms with van der Waals surface area (Å²) in [5.74, 6) is 0.790. The van der Waals surface area contributed by atoms with Gasteiger partial charge >= 0.3 is 0 Å². The topological polar surface area (TPSA) is 21.3 Å². The lowest BCUT2D eigenvalue weighted by Gasteiger charge is -2.25. The van der Waals surface area contributed by atoms with Gasteiger partial charge in [0.25, 0.3) is 0 Å². The molecule has 2 nitrogen and oxygen atoms in total. The second-order valence-electron chi connectivity index (χ2n) is 5.34. The van der Waals surface area contributed by atoms with Gasteiger partial charge in [0, 0.05) is 19.3 Å². The second kappa shape index (κ2) is 6.91. The van der Waals surface area contributed by atoms with Gasteiger partial charge in [-0.25, -0.2) is 0 Å². The number of aryl methyl sites for hydroxylation is 1. The molecule has 1 saturated heterocycles. The maximum atomic E-state index is 5.40. The Hall–Kier alpha value is -0.860. The molecule has 0 bridgehead atoms. The van der Waals surface area contributed by atoms with E-state index in [1.165, 1.54) is 24.0 Å². The summed E-state index contributed by atoms with van der Waals surface area (Å²) in [5, 5.41) is 3.72. The van der Waals surface area contributed by atoms with Crippen molar-refractivity contribution in [1.29, 1.82) is 0 Å². The lowest BCUT2D eigenvalue weighted by molar-refractivity contribution is 0.0654. The Bertz CT molecular complexity index is 341.